The Bertz CT molecular complexity index is 615. The van der Waals surface area contributed by atoms with Crippen molar-refractivity contribution in [2.45, 2.75) is 50.2 Å². The van der Waals surface area contributed by atoms with Gasteiger partial charge in [0.2, 0.25) is 0 Å². The number of aliphatic hydroxyl groups is 1. The number of unbranched alkanes of at least 4 members (excludes halogenated alkanes) is 2. The molecule has 4 nitrogen and oxygen atoms in total. The van der Waals surface area contributed by atoms with Crippen LogP contribution in [-0.2, 0) is 6.42 Å². The van der Waals surface area contributed by atoms with Gasteiger partial charge in [0.15, 0.2) is 0 Å². The van der Waals surface area contributed by atoms with Gasteiger partial charge in [-0.15, -0.1) is 6.07 Å². The van der Waals surface area contributed by atoms with Gasteiger partial charge in [-0.2, -0.15) is 11.6 Å². The van der Waals surface area contributed by atoms with Gasteiger partial charge >= 0.3 is 0 Å². The van der Waals surface area contributed by atoms with Crippen LogP contribution >= 0.6 is 0 Å². The standard InChI is InChI=1S/C22H36N3O/c1-24(2)20-12-8-10-18(20)16-22(26,14-6-5-7-15-23)17-19-11-9-13-21(19)25(3)4/h8-13,20,26H,5-7,14-17,23H2,1-4H3/q-1. The molecule has 1 aromatic rings. The van der Waals surface area contributed by atoms with E-state index >= 15 is 0 Å². The summed E-state index contributed by atoms with van der Waals surface area (Å²) in [5, 5.41) is 11.6. The Kier molecular flexibility index (Phi) is 7.56. The predicted molar refractivity (Wildman–Crippen MR) is 112 cm³/mol. The monoisotopic (exact) mass is 358 g/mol. The van der Waals surface area contributed by atoms with Crippen LogP contribution in [0.3, 0.4) is 0 Å². The topological polar surface area (TPSA) is 52.7 Å². The van der Waals surface area contributed by atoms with E-state index in [9.17, 15) is 5.11 Å². The van der Waals surface area contributed by atoms with Gasteiger partial charge in [-0.25, -0.2) is 6.07 Å². The lowest BCUT2D eigenvalue weighted by Crippen LogP contribution is -2.36. The maximum absolute atomic E-state index is 11.6. The normalized spacial score (nSPS) is 19.0. The molecule has 0 spiro atoms. The zero-order valence-electron chi connectivity index (χ0n) is 16.9. The summed E-state index contributed by atoms with van der Waals surface area (Å²) in [5.41, 5.74) is 8.64. The number of nitrogens with two attached hydrogens (primary N) is 1. The van der Waals surface area contributed by atoms with Crippen molar-refractivity contribution in [3.05, 3.63) is 47.6 Å². The second-order valence-corrected chi connectivity index (χ2v) is 8.04. The van der Waals surface area contributed by atoms with Crippen LogP contribution in [0.15, 0.2) is 42.0 Å². The molecule has 0 aliphatic heterocycles. The molecule has 0 amide bonds. The van der Waals surface area contributed by atoms with E-state index in [4.69, 9.17) is 5.73 Å². The fraction of sp³-hybridized carbons (Fsp3) is 0.591. The average molecular weight is 359 g/mol. The molecule has 0 radical (unpaired) electrons. The molecule has 3 N–H and O–H groups in total. The predicted octanol–water partition coefficient (Wildman–Crippen LogP) is 3.08. The molecule has 2 unspecified atom stereocenters. The minimum absolute atomic E-state index is 0.290. The molecule has 1 aromatic carbocycles. The lowest BCUT2D eigenvalue weighted by Gasteiger charge is -2.35. The Morgan fingerprint density at radius 3 is 2.58 bits per heavy atom. The third-order valence-electron chi connectivity index (χ3n) is 5.30. The molecule has 2 rings (SSSR count). The van der Waals surface area contributed by atoms with Crippen molar-refractivity contribution in [2.75, 3.05) is 39.6 Å². The van der Waals surface area contributed by atoms with Crippen molar-refractivity contribution in [2.24, 2.45) is 5.73 Å². The average Bonchev–Trinajstić information content (AvgIpc) is 3.20. The van der Waals surface area contributed by atoms with Crippen LogP contribution in [0.1, 0.15) is 37.7 Å². The fourth-order valence-corrected chi connectivity index (χ4v) is 3.96. The highest BCUT2D eigenvalue weighted by Crippen LogP contribution is 2.34. The molecule has 4 heteroatoms. The number of nitrogens with zero attached hydrogens (tertiary/aromatic N) is 2. The molecular weight excluding hydrogens is 322 g/mol. The van der Waals surface area contributed by atoms with E-state index in [1.165, 1.54) is 16.8 Å². The summed E-state index contributed by atoms with van der Waals surface area (Å²) in [6, 6.07) is 6.64. The molecule has 0 heterocycles. The van der Waals surface area contributed by atoms with Gasteiger partial charge in [0.25, 0.3) is 0 Å². The molecule has 0 aromatic heterocycles. The van der Waals surface area contributed by atoms with Crippen LogP contribution < -0.4 is 10.6 Å². The van der Waals surface area contributed by atoms with E-state index in [1.54, 1.807) is 0 Å². The molecular formula is C22H36N3O-. The van der Waals surface area contributed by atoms with E-state index in [1.807, 2.05) is 0 Å². The van der Waals surface area contributed by atoms with Crippen LogP contribution in [0.2, 0.25) is 0 Å². The zero-order valence-corrected chi connectivity index (χ0v) is 16.9. The summed E-state index contributed by atoms with van der Waals surface area (Å²) >= 11 is 0. The quantitative estimate of drug-likeness (QED) is 0.471. The van der Waals surface area contributed by atoms with E-state index in [-0.39, 0.29) is 0 Å². The van der Waals surface area contributed by atoms with Crippen LogP contribution in [0.5, 0.6) is 0 Å². The van der Waals surface area contributed by atoms with Crippen LogP contribution in [0.4, 0.5) is 5.69 Å². The first-order valence-electron chi connectivity index (χ1n) is 9.74. The number of rotatable bonds is 11. The molecule has 1 aliphatic rings. The summed E-state index contributed by atoms with van der Waals surface area (Å²) < 4.78 is 0. The van der Waals surface area contributed by atoms with Crippen molar-refractivity contribution >= 4 is 5.69 Å². The van der Waals surface area contributed by atoms with Crippen molar-refractivity contribution in [3.8, 4) is 0 Å². The molecule has 146 valence electrons. The number of allylic oxidation sites excluding steroid dienone is 2. The summed E-state index contributed by atoms with van der Waals surface area (Å²) in [7, 11) is 8.31. The molecule has 0 saturated carbocycles. The first kappa shape index (κ1) is 20.8. The SMILES string of the molecule is CN(C)c1[cH-]ccc1CC(O)(CCCCCN)CC1=CC=CC1N(C)C. The van der Waals surface area contributed by atoms with Gasteiger partial charge in [0.05, 0.1) is 5.60 Å². The number of hydrogen-bond donors (Lipinski definition) is 2. The first-order chi connectivity index (χ1) is 12.4. The minimum atomic E-state index is -0.722. The maximum Gasteiger partial charge on any atom is 0.0613 e. The van der Waals surface area contributed by atoms with Gasteiger partial charge in [0.1, 0.15) is 0 Å². The second-order valence-electron chi connectivity index (χ2n) is 8.04. The summed E-state index contributed by atoms with van der Waals surface area (Å²) in [4.78, 5) is 4.33. The lowest BCUT2D eigenvalue weighted by atomic mass is 9.82. The largest absolute Gasteiger partial charge is 0.400 e. The lowest BCUT2D eigenvalue weighted by molar-refractivity contribution is 0.0275. The van der Waals surface area contributed by atoms with Crippen LogP contribution in [0, 0.1) is 0 Å². The Hall–Kier alpha value is -1.49. The van der Waals surface area contributed by atoms with Gasteiger partial charge in [-0.1, -0.05) is 43.2 Å². The summed E-state index contributed by atoms with van der Waals surface area (Å²) in [5.74, 6) is 0. The smallest absolute Gasteiger partial charge is 0.0613 e. The third kappa shape index (κ3) is 5.50. The fourth-order valence-electron chi connectivity index (χ4n) is 3.96. The third-order valence-corrected chi connectivity index (χ3v) is 5.30. The van der Waals surface area contributed by atoms with E-state index in [0.717, 1.165) is 32.2 Å². The van der Waals surface area contributed by atoms with Crippen LogP contribution in [0.25, 0.3) is 0 Å². The number of likely N-dealkylation sites (N-methyl/N-ethyl adjacent to an activating group) is 1. The van der Waals surface area contributed by atoms with Gasteiger partial charge < -0.3 is 15.7 Å². The van der Waals surface area contributed by atoms with E-state index in [2.05, 4.69) is 74.4 Å². The molecule has 0 fully saturated rings. The molecule has 1 aliphatic carbocycles. The van der Waals surface area contributed by atoms with Crippen molar-refractivity contribution in [1.29, 1.82) is 0 Å². The molecule has 26 heavy (non-hydrogen) atoms. The van der Waals surface area contributed by atoms with Crippen molar-refractivity contribution in [3.63, 3.8) is 0 Å². The van der Waals surface area contributed by atoms with Gasteiger partial charge in [0, 0.05) is 20.1 Å². The zero-order chi connectivity index (χ0) is 19.2. The molecule has 0 saturated heterocycles. The van der Waals surface area contributed by atoms with Crippen molar-refractivity contribution in [1.82, 2.24) is 4.90 Å². The van der Waals surface area contributed by atoms with Crippen molar-refractivity contribution < 1.29 is 5.11 Å². The molecule has 0 bridgehead atoms. The Morgan fingerprint density at radius 2 is 1.92 bits per heavy atom. The highest BCUT2D eigenvalue weighted by Gasteiger charge is 2.30. The number of anilines is 1. The number of hydrogen-bond acceptors (Lipinski definition) is 4. The highest BCUT2D eigenvalue weighted by atomic mass is 16.3. The highest BCUT2D eigenvalue weighted by molar-refractivity contribution is 5.54. The Morgan fingerprint density at radius 1 is 1.15 bits per heavy atom. The minimum Gasteiger partial charge on any atom is -0.400 e. The summed E-state index contributed by atoms with van der Waals surface area (Å²) in [6.07, 6.45) is 11.8. The van der Waals surface area contributed by atoms with E-state index < -0.39 is 5.60 Å². The van der Waals surface area contributed by atoms with Gasteiger partial charge in [-0.3, -0.25) is 4.90 Å². The second kappa shape index (κ2) is 9.45. The maximum atomic E-state index is 11.6. The van der Waals surface area contributed by atoms with Gasteiger partial charge in [-0.05, 0) is 45.5 Å². The Labute approximate surface area is 159 Å². The first-order valence-corrected chi connectivity index (χ1v) is 9.74. The summed E-state index contributed by atoms with van der Waals surface area (Å²) in [6.45, 7) is 0.726. The van der Waals surface area contributed by atoms with Crippen LogP contribution in [-0.4, -0.2) is 56.4 Å². The molecule has 2 atom stereocenters. The van der Waals surface area contributed by atoms with E-state index in [0.29, 0.717) is 18.9 Å². The Balaban J connectivity index is 2.14.